The van der Waals surface area contributed by atoms with Gasteiger partial charge in [0.05, 0.1) is 26.9 Å². The van der Waals surface area contributed by atoms with Crippen molar-refractivity contribution in [3.8, 4) is 5.75 Å². The highest BCUT2D eigenvalue weighted by molar-refractivity contribution is 5.84. The SMILES string of the molecule is COc1ccc2cc(CN(C)C(=O)CN(C)CCN3CCOCC3)ccc2c1. The summed E-state index contributed by atoms with van der Waals surface area (Å²) in [5, 5.41) is 2.29. The Balaban J connectivity index is 1.49. The summed E-state index contributed by atoms with van der Waals surface area (Å²) in [6.07, 6.45) is 0. The molecule has 28 heavy (non-hydrogen) atoms. The number of amides is 1. The van der Waals surface area contributed by atoms with Crippen molar-refractivity contribution in [1.82, 2.24) is 14.7 Å². The van der Waals surface area contributed by atoms with Crippen molar-refractivity contribution >= 4 is 16.7 Å². The van der Waals surface area contributed by atoms with Gasteiger partial charge in [-0.05, 0) is 41.6 Å². The number of carbonyl (C=O) groups excluding carboxylic acids is 1. The molecule has 6 heteroatoms. The molecule has 0 N–H and O–H groups in total. The van der Waals surface area contributed by atoms with Crippen LogP contribution in [0.1, 0.15) is 5.56 Å². The van der Waals surface area contributed by atoms with Gasteiger partial charge >= 0.3 is 0 Å². The van der Waals surface area contributed by atoms with Crippen molar-refractivity contribution in [3.63, 3.8) is 0 Å². The highest BCUT2D eigenvalue weighted by atomic mass is 16.5. The topological polar surface area (TPSA) is 45.2 Å². The first-order chi connectivity index (χ1) is 13.5. The number of hydrogen-bond donors (Lipinski definition) is 0. The van der Waals surface area contributed by atoms with E-state index in [1.807, 2.05) is 26.2 Å². The number of hydrogen-bond acceptors (Lipinski definition) is 5. The van der Waals surface area contributed by atoms with Gasteiger partial charge in [0.15, 0.2) is 0 Å². The zero-order valence-corrected chi connectivity index (χ0v) is 17.2. The molecule has 2 aromatic rings. The molecule has 152 valence electrons. The van der Waals surface area contributed by atoms with Crippen LogP contribution >= 0.6 is 0 Å². The van der Waals surface area contributed by atoms with E-state index in [-0.39, 0.29) is 5.91 Å². The van der Waals surface area contributed by atoms with Crippen molar-refractivity contribution in [2.24, 2.45) is 0 Å². The monoisotopic (exact) mass is 385 g/mol. The maximum Gasteiger partial charge on any atom is 0.236 e. The molecule has 0 aromatic heterocycles. The van der Waals surface area contributed by atoms with Gasteiger partial charge in [0.25, 0.3) is 0 Å². The van der Waals surface area contributed by atoms with Crippen LogP contribution in [-0.4, -0.2) is 87.7 Å². The van der Waals surface area contributed by atoms with Gasteiger partial charge in [-0.25, -0.2) is 0 Å². The molecule has 1 aliphatic heterocycles. The lowest BCUT2D eigenvalue weighted by atomic mass is 10.1. The fourth-order valence-corrected chi connectivity index (χ4v) is 3.43. The van der Waals surface area contributed by atoms with Gasteiger partial charge in [0, 0.05) is 39.8 Å². The van der Waals surface area contributed by atoms with E-state index in [0.29, 0.717) is 13.1 Å². The van der Waals surface area contributed by atoms with E-state index >= 15 is 0 Å². The summed E-state index contributed by atoms with van der Waals surface area (Å²) in [4.78, 5) is 18.9. The number of carbonyl (C=O) groups is 1. The standard InChI is InChI=1S/C22H31N3O3/c1-23(8-9-25-10-12-28-13-11-25)17-22(26)24(2)16-18-4-5-20-15-21(27-3)7-6-19(20)14-18/h4-7,14-15H,8-13,16-17H2,1-3H3. The fraction of sp³-hybridized carbons (Fsp3) is 0.500. The second-order valence-electron chi connectivity index (χ2n) is 7.49. The molecule has 1 heterocycles. The van der Waals surface area contributed by atoms with Gasteiger partial charge in [-0.2, -0.15) is 0 Å². The summed E-state index contributed by atoms with van der Waals surface area (Å²) in [6, 6.07) is 12.3. The van der Waals surface area contributed by atoms with Crippen LogP contribution in [0.5, 0.6) is 5.75 Å². The molecule has 1 aliphatic rings. The summed E-state index contributed by atoms with van der Waals surface area (Å²) >= 11 is 0. The molecule has 1 saturated heterocycles. The predicted molar refractivity (Wildman–Crippen MR) is 112 cm³/mol. The largest absolute Gasteiger partial charge is 0.497 e. The lowest BCUT2D eigenvalue weighted by molar-refractivity contribution is -0.131. The summed E-state index contributed by atoms with van der Waals surface area (Å²) in [6.45, 7) is 6.49. The van der Waals surface area contributed by atoms with E-state index in [1.165, 1.54) is 0 Å². The molecule has 0 bridgehead atoms. The van der Waals surface area contributed by atoms with Gasteiger partial charge in [0.2, 0.25) is 5.91 Å². The Kier molecular flexibility index (Phi) is 7.25. The number of nitrogens with zero attached hydrogens (tertiary/aromatic N) is 3. The first-order valence-electron chi connectivity index (χ1n) is 9.84. The third kappa shape index (κ3) is 5.67. The molecule has 6 nitrogen and oxygen atoms in total. The molecular weight excluding hydrogens is 354 g/mol. The Morgan fingerprint density at radius 2 is 1.82 bits per heavy atom. The highest BCUT2D eigenvalue weighted by Gasteiger charge is 2.15. The third-order valence-corrected chi connectivity index (χ3v) is 5.26. The number of ether oxygens (including phenoxy) is 2. The van der Waals surface area contributed by atoms with Crippen molar-refractivity contribution < 1.29 is 14.3 Å². The average molecular weight is 386 g/mol. The predicted octanol–water partition coefficient (Wildman–Crippen LogP) is 2.07. The molecule has 0 unspecified atom stereocenters. The maximum absolute atomic E-state index is 12.6. The molecule has 0 radical (unpaired) electrons. The smallest absolute Gasteiger partial charge is 0.236 e. The number of rotatable bonds is 8. The number of morpholine rings is 1. The summed E-state index contributed by atoms with van der Waals surface area (Å²) in [5.41, 5.74) is 1.13. The van der Waals surface area contributed by atoms with Gasteiger partial charge in [-0.1, -0.05) is 18.2 Å². The van der Waals surface area contributed by atoms with E-state index in [1.54, 1.807) is 12.0 Å². The van der Waals surface area contributed by atoms with Gasteiger partial charge in [0.1, 0.15) is 5.75 Å². The van der Waals surface area contributed by atoms with E-state index in [9.17, 15) is 4.79 Å². The Morgan fingerprint density at radius 1 is 1.11 bits per heavy atom. The molecule has 1 amide bonds. The van der Waals surface area contributed by atoms with E-state index < -0.39 is 0 Å². The lowest BCUT2D eigenvalue weighted by Crippen LogP contribution is -2.43. The normalized spacial score (nSPS) is 15.1. The number of likely N-dealkylation sites (N-methyl/N-ethyl adjacent to an activating group) is 2. The fourth-order valence-electron chi connectivity index (χ4n) is 3.43. The van der Waals surface area contributed by atoms with Gasteiger partial charge < -0.3 is 14.4 Å². The molecule has 0 saturated carbocycles. The van der Waals surface area contributed by atoms with E-state index in [0.717, 1.165) is 61.5 Å². The van der Waals surface area contributed by atoms with Gasteiger partial charge in [-0.15, -0.1) is 0 Å². The summed E-state index contributed by atoms with van der Waals surface area (Å²) in [7, 11) is 5.56. The molecule has 3 rings (SSSR count). The van der Waals surface area contributed by atoms with Crippen LogP contribution < -0.4 is 4.74 Å². The minimum Gasteiger partial charge on any atom is -0.497 e. The minimum absolute atomic E-state index is 0.138. The zero-order valence-electron chi connectivity index (χ0n) is 17.2. The van der Waals surface area contributed by atoms with E-state index in [4.69, 9.17) is 9.47 Å². The van der Waals surface area contributed by atoms with Crippen LogP contribution in [0, 0.1) is 0 Å². The maximum atomic E-state index is 12.6. The quantitative estimate of drug-likeness (QED) is 0.696. The van der Waals surface area contributed by atoms with Crippen LogP contribution in [0.4, 0.5) is 0 Å². The number of methoxy groups -OCH3 is 1. The van der Waals surface area contributed by atoms with Crippen LogP contribution in [0.2, 0.25) is 0 Å². The Morgan fingerprint density at radius 3 is 2.57 bits per heavy atom. The molecule has 0 spiro atoms. The van der Waals surface area contributed by atoms with E-state index in [2.05, 4.69) is 34.1 Å². The molecule has 2 aromatic carbocycles. The van der Waals surface area contributed by atoms with Crippen molar-refractivity contribution in [2.45, 2.75) is 6.54 Å². The van der Waals surface area contributed by atoms with Gasteiger partial charge in [-0.3, -0.25) is 14.6 Å². The van der Waals surface area contributed by atoms with Crippen LogP contribution in [0.15, 0.2) is 36.4 Å². The summed E-state index contributed by atoms with van der Waals surface area (Å²) < 4.78 is 10.7. The zero-order chi connectivity index (χ0) is 19.9. The van der Waals surface area contributed by atoms with Crippen LogP contribution in [0.3, 0.4) is 0 Å². The highest BCUT2D eigenvalue weighted by Crippen LogP contribution is 2.22. The third-order valence-electron chi connectivity index (χ3n) is 5.26. The second-order valence-corrected chi connectivity index (χ2v) is 7.49. The minimum atomic E-state index is 0.138. The first kappa shape index (κ1) is 20.6. The molecular formula is C22H31N3O3. The van der Waals surface area contributed by atoms with Crippen molar-refractivity contribution in [1.29, 1.82) is 0 Å². The van der Waals surface area contributed by atoms with Crippen molar-refractivity contribution in [2.75, 3.05) is 67.1 Å². The second kappa shape index (κ2) is 9.87. The lowest BCUT2D eigenvalue weighted by Gasteiger charge is -2.29. The number of benzene rings is 2. The Hall–Kier alpha value is -2.15. The molecule has 0 aliphatic carbocycles. The summed E-state index contributed by atoms with van der Waals surface area (Å²) in [5.74, 6) is 0.993. The Labute approximate surface area is 167 Å². The van der Waals surface area contributed by atoms with Crippen molar-refractivity contribution in [3.05, 3.63) is 42.0 Å². The Bertz CT molecular complexity index is 790. The average Bonchev–Trinajstić information content (AvgIpc) is 2.72. The van der Waals surface area contributed by atoms with Crippen LogP contribution in [-0.2, 0) is 16.1 Å². The molecule has 0 atom stereocenters. The first-order valence-corrected chi connectivity index (χ1v) is 9.84. The van der Waals surface area contributed by atoms with Crippen LogP contribution in [0.25, 0.3) is 10.8 Å². The number of fused-ring (bicyclic) bond motifs is 1. The molecule has 1 fully saturated rings.